The number of aryl methyl sites for hydroxylation is 1. The highest BCUT2D eigenvalue weighted by Crippen LogP contribution is 2.50. The molecule has 0 bridgehead atoms. The van der Waals surface area contributed by atoms with Gasteiger partial charge in [0.05, 0.1) is 10.8 Å². The summed E-state index contributed by atoms with van der Waals surface area (Å²) in [6, 6.07) is 10.4. The number of thioether (sulfide) groups is 1. The Morgan fingerprint density at radius 3 is 2.43 bits per heavy atom. The third kappa shape index (κ3) is 4.88. The molecule has 1 aromatic rings. The lowest BCUT2D eigenvalue weighted by molar-refractivity contribution is -0.180. The highest BCUT2D eigenvalue weighted by Gasteiger charge is 2.61. The lowest BCUT2D eigenvalue weighted by Crippen LogP contribution is -2.71. The standard InChI is InChI=1S/C22H33FN2O2S/c1-4-22(5-2)20(27)25(21(22)28-3)18(23)19(26)24-16-12-7-6-9-13-17-14-10-8-11-15-17/h8,10-11,14-15,18,21H,4-7,9,12-13,16H2,1-3H3,(H,24,26). The fourth-order valence-corrected chi connectivity index (χ4v) is 5.32. The molecule has 2 rings (SSSR count). The summed E-state index contributed by atoms with van der Waals surface area (Å²) in [6.07, 6.45) is 6.37. The third-order valence-electron chi connectivity index (χ3n) is 5.87. The van der Waals surface area contributed by atoms with Crippen molar-refractivity contribution < 1.29 is 14.0 Å². The minimum Gasteiger partial charge on any atom is -0.352 e. The van der Waals surface area contributed by atoms with Crippen molar-refractivity contribution in [1.29, 1.82) is 0 Å². The van der Waals surface area contributed by atoms with Gasteiger partial charge in [-0.2, -0.15) is 0 Å². The molecule has 1 N–H and O–H groups in total. The number of nitrogens with zero attached hydrogens (tertiary/aromatic N) is 1. The van der Waals surface area contributed by atoms with Crippen LogP contribution in [0.4, 0.5) is 4.39 Å². The summed E-state index contributed by atoms with van der Waals surface area (Å²) in [4.78, 5) is 25.8. The van der Waals surface area contributed by atoms with Gasteiger partial charge in [-0.3, -0.25) is 14.5 Å². The summed E-state index contributed by atoms with van der Waals surface area (Å²) >= 11 is 1.45. The number of rotatable bonds is 12. The molecule has 1 saturated heterocycles. The molecule has 1 heterocycles. The van der Waals surface area contributed by atoms with Crippen LogP contribution >= 0.6 is 11.8 Å². The fraction of sp³-hybridized carbons (Fsp3) is 0.636. The molecule has 0 spiro atoms. The molecular weight excluding hydrogens is 375 g/mol. The van der Waals surface area contributed by atoms with Crippen LogP contribution in [0.25, 0.3) is 0 Å². The second-order valence-corrected chi connectivity index (χ2v) is 8.36. The first-order valence-electron chi connectivity index (χ1n) is 10.3. The smallest absolute Gasteiger partial charge is 0.275 e. The van der Waals surface area contributed by atoms with E-state index in [0.29, 0.717) is 19.4 Å². The maximum absolute atomic E-state index is 14.6. The summed E-state index contributed by atoms with van der Waals surface area (Å²) in [6.45, 7) is 4.35. The van der Waals surface area contributed by atoms with Crippen LogP contribution in [-0.2, 0) is 16.0 Å². The molecule has 0 radical (unpaired) electrons. The number of amides is 2. The number of nitrogens with one attached hydrogen (secondary N) is 1. The number of β-lactam (4-membered cyclic amide) rings is 1. The van der Waals surface area contributed by atoms with E-state index in [2.05, 4.69) is 17.4 Å². The van der Waals surface area contributed by atoms with Crippen LogP contribution in [0.15, 0.2) is 30.3 Å². The van der Waals surface area contributed by atoms with Crippen LogP contribution in [0.3, 0.4) is 0 Å². The zero-order valence-corrected chi connectivity index (χ0v) is 18.1. The SMILES string of the molecule is CCC1(CC)C(=O)N(C(F)C(=O)NCCCCCCc2ccccc2)C1SC. The summed E-state index contributed by atoms with van der Waals surface area (Å²) in [7, 11) is 0. The first-order chi connectivity index (χ1) is 13.5. The lowest BCUT2D eigenvalue weighted by atomic mass is 9.73. The van der Waals surface area contributed by atoms with Gasteiger partial charge in [0.25, 0.3) is 12.2 Å². The molecule has 0 saturated carbocycles. The first kappa shape index (κ1) is 22.7. The second-order valence-electron chi connectivity index (χ2n) is 7.44. The molecule has 0 aliphatic carbocycles. The molecule has 1 aliphatic rings. The Hall–Kier alpha value is -1.56. The second kappa shape index (κ2) is 10.8. The van der Waals surface area contributed by atoms with Crippen molar-refractivity contribution in [2.24, 2.45) is 5.41 Å². The van der Waals surface area contributed by atoms with Crippen LogP contribution in [0.2, 0.25) is 0 Å². The monoisotopic (exact) mass is 408 g/mol. The molecule has 2 atom stereocenters. The van der Waals surface area contributed by atoms with Crippen molar-refractivity contribution in [3.8, 4) is 0 Å². The van der Waals surface area contributed by atoms with E-state index in [1.165, 1.54) is 17.3 Å². The Morgan fingerprint density at radius 2 is 1.82 bits per heavy atom. The number of carbonyl (C=O) groups is 2. The Balaban J connectivity index is 1.66. The van der Waals surface area contributed by atoms with Crippen LogP contribution in [0.1, 0.15) is 57.9 Å². The van der Waals surface area contributed by atoms with Crippen LogP contribution in [-0.4, -0.2) is 41.2 Å². The largest absolute Gasteiger partial charge is 0.352 e. The number of hydrogen-bond acceptors (Lipinski definition) is 3. The van der Waals surface area contributed by atoms with Crippen LogP contribution < -0.4 is 5.32 Å². The zero-order valence-electron chi connectivity index (χ0n) is 17.2. The molecule has 1 aromatic carbocycles. The molecule has 1 aliphatic heterocycles. The van der Waals surface area contributed by atoms with E-state index in [9.17, 15) is 14.0 Å². The van der Waals surface area contributed by atoms with Crippen LogP contribution in [0.5, 0.6) is 0 Å². The molecule has 0 aromatic heterocycles. The lowest BCUT2D eigenvalue weighted by Gasteiger charge is -2.55. The molecule has 2 unspecified atom stereocenters. The number of hydrogen-bond donors (Lipinski definition) is 1. The molecule has 2 amide bonds. The van der Waals surface area contributed by atoms with Gasteiger partial charge < -0.3 is 5.32 Å². The van der Waals surface area contributed by atoms with Crippen molar-refractivity contribution in [3.05, 3.63) is 35.9 Å². The topological polar surface area (TPSA) is 49.4 Å². The van der Waals surface area contributed by atoms with Gasteiger partial charge in [0, 0.05) is 6.54 Å². The number of benzene rings is 1. The van der Waals surface area contributed by atoms with Gasteiger partial charge in [0.1, 0.15) is 0 Å². The van der Waals surface area contributed by atoms with Crippen molar-refractivity contribution in [3.63, 3.8) is 0 Å². The Labute approximate surface area is 172 Å². The van der Waals surface area contributed by atoms with E-state index in [1.807, 2.05) is 38.3 Å². The van der Waals surface area contributed by atoms with Crippen molar-refractivity contribution in [2.45, 2.75) is 70.5 Å². The number of unbranched alkanes of at least 4 members (excludes halogenated alkanes) is 3. The number of halogens is 1. The van der Waals surface area contributed by atoms with Gasteiger partial charge in [-0.05, 0) is 43.9 Å². The number of carbonyl (C=O) groups excluding carboxylic acids is 2. The average Bonchev–Trinajstić information content (AvgIpc) is 2.72. The highest BCUT2D eigenvalue weighted by atomic mass is 32.2. The van der Waals surface area contributed by atoms with Gasteiger partial charge in [-0.25, -0.2) is 4.39 Å². The van der Waals surface area contributed by atoms with E-state index >= 15 is 0 Å². The van der Waals surface area contributed by atoms with Crippen molar-refractivity contribution >= 4 is 23.6 Å². The molecule has 1 fully saturated rings. The minimum absolute atomic E-state index is 0.236. The van der Waals surface area contributed by atoms with Gasteiger partial charge in [-0.1, -0.05) is 57.0 Å². The average molecular weight is 409 g/mol. The van der Waals surface area contributed by atoms with E-state index < -0.39 is 17.6 Å². The summed E-state index contributed by atoms with van der Waals surface area (Å²) < 4.78 is 14.6. The van der Waals surface area contributed by atoms with Gasteiger partial charge in [-0.15, -0.1) is 11.8 Å². The number of alkyl halides is 1. The summed E-state index contributed by atoms with van der Waals surface area (Å²) in [5.41, 5.74) is 0.817. The predicted octanol–water partition coefficient (Wildman–Crippen LogP) is 4.54. The normalized spacial score (nSPS) is 19.2. The van der Waals surface area contributed by atoms with Gasteiger partial charge in [0.2, 0.25) is 5.91 Å². The maximum atomic E-state index is 14.6. The molecule has 4 nitrogen and oxygen atoms in total. The van der Waals surface area contributed by atoms with Gasteiger partial charge >= 0.3 is 0 Å². The number of likely N-dealkylation sites (tertiary alicyclic amines) is 1. The van der Waals surface area contributed by atoms with Gasteiger partial charge in [0.15, 0.2) is 0 Å². The van der Waals surface area contributed by atoms with E-state index in [1.54, 1.807) is 0 Å². The minimum atomic E-state index is -1.89. The molecule has 28 heavy (non-hydrogen) atoms. The summed E-state index contributed by atoms with van der Waals surface area (Å²) in [5.74, 6) is -0.932. The van der Waals surface area contributed by atoms with Crippen LogP contribution in [0, 0.1) is 5.41 Å². The Kier molecular flexibility index (Phi) is 8.80. The third-order valence-corrected chi connectivity index (χ3v) is 6.99. The molecular formula is C22H33FN2O2S. The first-order valence-corrected chi connectivity index (χ1v) is 11.6. The molecule has 156 valence electrons. The predicted molar refractivity (Wildman–Crippen MR) is 114 cm³/mol. The van der Waals surface area contributed by atoms with E-state index in [0.717, 1.165) is 37.0 Å². The fourth-order valence-electron chi connectivity index (χ4n) is 4.01. The zero-order chi connectivity index (χ0) is 20.6. The quantitative estimate of drug-likeness (QED) is 0.314. The van der Waals surface area contributed by atoms with E-state index in [-0.39, 0.29) is 11.3 Å². The van der Waals surface area contributed by atoms with Crippen molar-refractivity contribution in [1.82, 2.24) is 10.2 Å². The summed E-state index contributed by atoms with van der Waals surface area (Å²) in [5, 5.41) is 2.38. The Morgan fingerprint density at radius 1 is 1.18 bits per heavy atom. The highest BCUT2D eigenvalue weighted by molar-refractivity contribution is 7.99. The Bertz CT molecular complexity index is 637. The van der Waals surface area contributed by atoms with Crippen molar-refractivity contribution in [2.75, 3.05) is 12.8 Å². The molecule has 6 heteroatoms. The maximum Gasteiger partial charge on any atom is 0.275 e. The van der Waals surface area contributed by atoms with E-state index in [4.69, 9.17) is 0 Å².